The lowest BCUT2D eigenvalue weighted by Gasteiger charge is -2.33. The van der Waals surface area contributed by atoms with E-state index in [1.54, 1.807) is 0 Å². The molecule has 0 aliphatic carbocycles. The molecule has 1 aromatic rings. The first-order valence-corrected chi connectivity index (χ1v) is 9.73. The van der Waals surface area contributed by atoms with Gasteiger partial charge in [-0.1, -0.05) is 19.1 Å². The second-order valence-electron chi connectivity index (χ2n) is 8.24. The topological polar surface area (TPSA) is 56.7 Å². The summed E-state index contributed by atoms with van der Waals surface area (Å²) in [6.45, 7) is 13.9. The van der Waals surface area contributed by atoms with E-state index >= 15 is 0 Å². The summed E-state index contributed by atoms with van der Waals surface area (Å²) in [4.78, 5) is 19.5. The molecule has 5 heteroatoms. The molecule has 0 radical (unpaired) electrons. The highest BCUT2D eigenvalue weighted by molar-refractivity contribution is 5.94. The zero-order valence-corrected chi connectivity index (χ0v) is 16.9. The maximum Gasteiger partial charge on any atom is 0.251 e. The number of likely N-dealkylation sites (tertiary alicyclic amines) is 1. The van der Waals surface area contributed by atoms with Gasteiger partial charge in [0.2, 0.25) is 0 Å². The van der Waals surface area contributed by atoms with Crippen molar-refractivity contribution in [2.45, 2.75) is 59.5 Å². The molecule has 26 heavy (non-hydrogen) atoms. The fraction of sp³-hybridized carbons (Fsp3) is 0.619. The van der Waals surface area contributed by atoms with Gasteiger partial charge in [0.1, 0.15) is 0 Å². The highest BCUT2D eigenvalue weighted by atomic mass is 16.1. The minimum Gasteiger partial charge on any atom is -0.357 e. The SMILES string of the molecule is CCNC(=NCc1cccc(C(=O)NC(C)(C)C)c1)N1CCC(C)CC1. The summed E-state index contributed by atoms with van der Waals surface area (Å²) >= 11 is 0. The van der Waals surface area contributed by atoms with Crippen molar-refractivity contribution in [2.75, 3.05) is 19.6 Å². The number of amides is 1. The van der Waals surface area contributed by atoms with Crippen LogP contribution in [0, 0.1) is 5.92 Å². The summed E-state index contributed by atoms with van der Waals surface area (Å²) in [5, 5.41) is 6.41. The Kier molecular flexibility index (Phi) is 7.06. The lowest BCUT2D eigenvalue weighted by atomic mass is 9.99. The van der Waals surface area contributed by atoms with Gasteiger partial charge < -0.3 is 15.5 Å². The third kappa shape index (κ3) is 6.36. The van der Waals surface area contributed by atoms with Crippen molar-refractivity contribution in [2.24, 2.45) is 10.9 Å². The average molecular weight is 359 g/mol. The Morgan fingerprint density at radius 3 is 2.58 bits per heavy atom. The number of hydrogen-bond acceptors (Lipinski definition) is 2. The largest absolute Gasteiger partial charge is 0.357 e. The van der Waals surface area contributed by atoms with Crippen LogP contribution in [0.5, 0.6) is 0 Å². The van der Waals surface area contributed by atoms with E-state index in [0.29, 0.717) is 12.1 Å². The zero-order chi connectivity index (χ0) is 19.2. The van der Waals surface area contributed by atoms with Crippen LogP contribution in [-0.4, -0.2) is 41.9 Å². The standard InChI is InChI=1S/C21H34N4O/c1-6-22-20(25-12-10-16(2)11-13-25)23-15-17-8-7-9-18(14-17)19(26)24-21(3,4)5/h7-9,14,16H,6,10-13,15H2,1-5H3,(H,22,23)(H,24,26). The summed E-state index contributed by atoms with van der Waals surface area (Å²) < 4.78 is 0. The smallest absolute Gasteiger partial charge is 0.251 e. The number of benzene rings is 1. The number of nitrogens with one attached hydrogen (secondary N) is 2. The third-order valence-corrected chi connectivity index (χ3v) is 4.51. The van der Waals surface area contributed by atoms with E-state index in [2.05, 4.69) is 29.4 Å². The molecular formula is C21H34N4O. The molecule has 1 saturated heterocycles. The molecule has 0 aromatic heterocycles. The molecule has 1 amide bonds. The summed E-state index contributed by atoms with van der Waals surface area (Å²) in [5.74, 6) is 1.73. The van der Waals surface area contributed by atoms with Gasteiger partial charge in [-0.3, -0.25) is 4.79 Å². The first-order chi connectivity index (χ1) is 12.3. The van der Waals surface area contributed by atoms with Gasteiger partial charge in [-0.25, -0.2) is 4.99 Å². The summed E-state index contributed by atoms with van der Waals surface area (Å²) in [7, 11) is 0. The summed E-state index contributed by atoms with van der Waals surface area (Å²) in [5.41, 5.74) is 1.49. The summed E-state index contributed by atoms with van der Waals surface area (Å²) in [6, 6.07) is 7.75. The molecule has 1 aromatic carbocycles. The number of carbonyl (C=O) groups excluding carboxylic acids is 1. The van der Waals surface area contributed by atoms with Crippen molar-refractivity contribution in [3.63, 3.8) is 0 Å². The number of nitrogens with zero attached hydrogens (tertiary/aromatic N) is 2. The Labute approximate surface area is 158 Å². The zero-order valence-electron chi connectivity index (χ0n) is 16.9. The van der Waals surface area contributed by atoms with E-state index in [0.717, 1.165) is 37.1 Å². The first kappa shape index (κ1) is 20.3. The third-order valence-electron chi connectivity index (χ3n) is 4.51. The van der Waals surface area contributed by atoms with Crippen LogP contribution in [0.25, 0.3) is 0 Å². The van der Waals surface area contributed by atoms with Crippen LogP contribution in [0.3, 0.4) is 0 Å². The molecule has 1 aliphatic heterocycles. The van der Waals surface area contributed by atoms with Crippen molar-refractivity contribution >= 4 is 11.9 Å². The van der Waals surface area contributed by atoms with Crippen molar-refractivity contribution < 1.29 is 4.79 Å². The molecule has 0 atom stereocenters. The number of piperidine rings is 1. The quantitative estimate of drug-likeness (QED) is 0.640. The molecule has 2 N–H and O–H groups in total. The number of hydrogen-bond donors (Lipinski definition) is 2. The molecule has 5 nitrogen and oxygen atoms in total. The van der Waals surface area contributed by atoms with Crippen LogP contribution in [0.15, 0.2) is 29.3 Å². The Hall–Kier alpha value is -2.04. The van der Waals surface area contributed by atoms with Gasteiger partial charge >= 0.3 is 0 Å². The van der Waals surface area contributed by atoms with Gasteiger partial charge in [-0.2, -0.15) is 0 Å². The lowest BCUT2D eigenvalue weighted by Crippen LogP contribution is -2.45. The Morgan fingerprint density at radius 1 is 1.27 bits per heavy atom. The average Bonchev–Trinajstić information content (AvgIpc) is 2.58. The fourth-order valence-electron chi connectivity index (χ4n) is 3.04. The van der Waals surface area contributed by atoms with E-state index < -0.39 is 0 Å². The van der Waals surface area contributed by atoms with Gasteiger partial charge in [-0.05, 0) is 64.2 Å². The molecular weight excluding hydrogens is 324 g/mol. The Morgan fingerprint density at radius 2 is 1.96 bits per heavy atom. The molecule has 0 unspecified atom stereocenters. The number of rotatable bonds is 4. The highest BCUT2D eigenvalue weighted by Gasteiger charge is 2.19. The van der Waals surface area contributed by atoms with Crippen molar-refractivity contribution in [3.05, 3.63) is 35.4 Å². The van der Waals surface area contributed by atoms with Crippen LogP contribution in [0.4, 0.5) is 0 Å². The monoisotopic (exact) mass is 358 g/mol. The molecule has 2 rings (SSSR count). The summed E-state index contributed by atoms with van der Waals surface area (Å²) in [6.07, 6.45) is 2.43. The van der Waals surface area contributed by atoms with Gasteiger partial charge in [0, 0.05) is 30.7 Å². The van der Waals surface area contributed by atoms with E-state index in [-0.39, 0.29) is 11.4 Å². The molecule has 1 aliphatic rings. The van der Waals surface area contributed by atoms with Crippen LogP contribution >= 0.6 is 0 Å². The van der Waals surface area contributed by atoms with E-state index in [1.807, 2.05) is 45.0 Å². The molecule has 1 heterocycles. The second-order valence-corrected chi connectivity index (χ2v) is 8.24. The highest BCUT2D eigenvalue weighted by Crippen LogP contribution is 2.16. The van der Waals surface area contributed by atoms with E-state index in [9.17, 15) is 4.79 Å². The van der Waals surface area contributed by atoms with Gasteiger partial charge in [-0.15, -0.1) is 0 Å². The van der Waals surface area contributed by atoms with Gasteiger partial charge in [0.25, 0.3) is 5.91 Å². The maximum atomic E-state index is 12.4. The maximum absolute atomic E-state index is 12.4. The number of guanidine groups is 1. The first-order valence-electron chi connectivity index (χ1n) is 9.73. The lowest BCUT2D eigenvalue weighted by molar-refractivity contribution is 0.0919. The molecule has 0 saturated carbocycles. The van der Waals surface area contributed by atoms with E-state index in [1.165, 1.54) is 12.8 Å². The second kappa shape index (κ2) is 9.06. The molecule has 0 bridgehead atoms. The van der Waals surface area contributed by atoms with Crippen molar-refractivity contribution in [3.8, 4) is 0 Å². The fourth-order valence-corrected chi connectivity index (χ4v) is 3.04. The van der Waals surface area contributed by atoms with Crippen LogP contribution in [0.2, 0.25) is 0 Å². The van der Waals surface area contributed by atoms with Crippen molar-refractivity contribution in [1.82, 2.24) is 15.5 Å². The molecule has 144 valence electrons. The minimum atomic E-state index is -0.241. The Balaban J connectivity index is 2.07. The van der Waals surface area contributed by atoms with Crippen molar-refractivity contribution in [1.29, 1.82) is 0 Å². The van der Waals surface area contributed by atoms with Gasteiger partial charge in [0.05, 0.1) is 6.54 Å². The van der Waals surface area contributed by atoms with E-state index in [4.69, 9.17) is 4.99 Å². The normalized spacial score (nSPS) is 16.5. The minimum absolute atomic E-state index is 0.0414. The number of carbonyl (C=O) groups is 1. The van der Waals surface area contributed by atoms with Crippen LogP contribution in [-0.2, 0) is 6.54 Å². The predicted octanol–water partition coefficient (Wildman–Crippen LogP) is 3.41. The Bertz CT molecular complexity index is 625. The molecule has 1 fully saturated rings. The number of aliphatic imine (C=N–C) groups is 1. The predicted molar refractivity (Wildman–Crippen MR) is 108 cm³/mol. The van der Waals surface area contributed by atoms with Crippen LogP contribution < -0.4 is 10.6 Å². The molecule has 0 spiro atoms. The van der Waals surface area contributed by atoms with Crippen LogP contribution in [0.1, 0.15) is 63.4 Å². The van der Waals surface area contributed by atoms with Gasteiger partial charge in [0.15, 0.2) is 5.96 Å².